The Hall–Kier alpha value is -1.59. The van der Waals surface area contributed by atoms with Crippen molar-refractivity contribution in [2.75, 3.05) is 25.0 Å². The Morgan fingerprint density at radius 2 is 1.92 bits per heavy atom. The summed E-state index contributed by atoms with van der Waals surface area (Å²) < 4.78 is 2.41. The van der Waals surface area contributed by atoms with Crippen LogP contribution in [0.4, 0.5) is 5.69 Å². The van der Waals surface area contributed by atoms with Crippen LogP contribution in [0.1, 0.15) is 54.4 Å². The number of hydrogen-bond donors (Lipinski definition) is 1. The van der Waals surface area contributed by atoms with E-state index in [0.29, 0.717) is 5.92 Å². The van der Waals surface area contributed by atoms with Crippen molar-refractivity contribution in [2.24, 2.45) is 0 Å². The number of halogens is 1. The van der Waals surface area contributed by atoms with Gasteiger partial charge in [-0.05, 0) is 56.3 Å². The van der Waals surface area contributed by atoms with Crippen molar-refractivity contribution in [1.82, 2.24) is 19.7 Å². The number of para-hydroxylation sites is 1. The first-order valence-electron chi connectivity index (χ1n) is 9.87. The fraction of sp³-hybridized carbons (Fsp3) is 0.600. The summed E-state index contributed by atoms with van der Waals surface area (Å²) in [6.45, 7) is 5.61. The fourth-order valence-electron chi connectivity index (χ4n) is 4.77. The van der Waals surface area contributed by atoms with Gasteiger partial charge in [-0.2, -0.15) is 0 Å². The number of likely N-dealkylation sites (tertiary alicyclic amines) is 1. The second-order valence-corrected chi connectivity index (χ2v) is 7.76. The van der Waals surface area contributed by atoms with Crippen molar-refractivity contribution in [2.45, 2.75) is 57.5 Å². The minimum Gasteiger partial charge on any atom is -0.384 e. The van der Waals surface area contributed by atoms with E-state index >= 15 is 0 Å². The molecule has 140 valence electrons. The third-order valence-electron chi connectivity index (χ3n) is 6.17. The smallest absolute Gasteiger partial charge is 0.136 e. The van der Waals surface area contributed by atoms with Crippen molar-refractivity contribution < 1.29 is 0 Å². The Balaban J connectivity index is 0.00000168. The molecule has 2 aromatic rings. The fourth-order valence-corrected chi connectivity index (χ4v) is 4.77. The lowest BCUT2D eigenvalue weighted by Crippen LogP contribution is -2.33. The SMILES string of the molecule is Cl.c1cc2c(c(CN3CCC(c4nnc5n4CCCC5)CC3)c1)NCC2. The van der Waals surface area contributed by atoms with Gasteiger partial charge in [0, 0.05) is 37.7 Å². The molecule has 1 N–H and O–H groups in total. The molecule has 0 aliphatic carbocycles. The van der Waals surface area contributed by atoms with Crippen LogP contribution < -0.4 is 5.32 Å². The van der Waals surface area contributed by atoms with Crippen molar-refractivity contribution in [3.63, 3.8) is 0 Å². The van der Waals surface area contributed by atoms with Gasteiger partial charge in [-0.25, -0.2) is 0 Å². The summed E-state index contributed by atoms with van der Waals surface area (Å²) in [5, 5.41) is 12.6. The number of piperidine rings is 1. The van der Waals surface area contributed by atoms with Gasteiger partial charge < -0.3 is 9.88 Å². The summed E-state index contributed by atoms with van der Waals surface area (Å²) in [6, 6.07) is 6.77. The predicted octanol–water partition coefficient (Wildman–Crippen LogP) is 3.38. The van der Waals surface area contributed by atoms with E-state index in [1.165, 1.54) is 60.6 Å². The molecule has 4 heterocycles. The lowest BCUT2D eigenvalue weighted by atomic mass is 9.95. The quantitative estimate of drug-likeness (QED) is 0.895. The molecule has 1 fully saturated rings. The van der Waals surface area contributed by atoms with E-state index in [1.807, 2.05) is 0 Å². The van der Waals surface area contributed by atoms with E-state index in [4.69, 9.17) is 0 Å². The van der Waals surface area contributed by atoms with Crippen LogP contribution in [-0.4, -0.2) is 39.3 Å². The number of fused-ring (bicyclic) bond motifs is 2. The molecule has 0 bridgehead atoms. The molecule has 26 heavy (non-hydrogen) atoms. The molecular weight excluding hydrogens is 346 g/mol. The van der Waals surface area contributed by atoms with Gasteiger partial charge >= 0.3 is 0 Å². The molecule has 5 rings (SSSR count). The van der Waals surface area contributed by atoms with Crippen molar-refractivity contribution in [3.8, 4) is 0 Å². The number of nitrogens with zero attached hydrogens (tertiary/aromatic N) is 4. The summed E-state index contributed by atoms with van der Waals surface area (Å²) in [4.78, 5) is 2.61. The van der Waals surface area contributed by atoms with Gasteiger partial charge in [0.05, 0.1) is 0 Å². The third kappa shape index (κ3) is 3.23. The first kappa shape index (κ1) is 17.8. The maximum absolute atomic E-state index is 4.56. The normalized spacial score (nSPS) is 20.2. The Kier molecular flexibility index (Phi) is 5.18. The molecule has 1 aromatic carbocycles. The maximum atomic E-state index is 4.56. The molecule has 1 saturated heterocycles. The Morgan fingerprint density at radius 1 is 1.04 bits per heavy atom. The number of nitrogens with one attached hydrogen (secondary N) is 1. The van der Waals surface area contributed by atoms with E-state index in [0.717, 1.165) is 39.1 Å². The monoisotopic (exact) mass is 373 g/mol. The largest absolute Gasteiger partial charge is 0.384 e. The summed E-state index contributed by atoms with van der Waals surface area (Å²) in [5.74, 6) is 3.07. The third-order valence-corrected chi connectivity index (χ3v) is 6.17. The second-order valence-electron chi connectivity index (χ2n) is 7.76. The van der Waals surface area contributed by atoms with Crippen LogP contribution >= 0.6 is 12.4 Å². The molecule has 0 radical (unpaired) electrons. The van der Waals surface area contributed by atoms with Crippen LogP contribution in [0.2, 0.25) is 0 Å². The van der Waals surface area contributed by atoms with Gasteiger partial charge in [-0.15, -0.1) is 22.6 Å². The lowest BCUT2D eigenvalue weighted by Gasteiger charge is -2.32. The standard InChI is InChI=1S/C20H27N5.ClH/c1-2-11-25-18(6-1)22-23-20(25)16-8-12-24(13-9-16)14-17-5-3-4-15-7-10-21-19(15)17;/h3-5,16,21H,1-2,6-14H2;1H. The molecule has 0 spiro atoms. The number of rotatable bonds is 3. The number of aryl methyl sites for hydroxylation is 1. The maximum Gasteiger partial charge on any atom is 0.136 e. The van der Waals surface area contributed by atoms with Gasteiger partial charge in [-0.1, -0.05) is 18.2 Å². The number of benzene rings is 1. The molecule has 1 aromatic heterocycles. The molecule has 0 amide bonds. The predicted molar refractivity (Wildman–Crippen MR) is 106 cm³/mol. The highest BCUT2D eigenvalue weighted by molar-refractivity contribution is 5.85. The number of anilines is 1. The molecule has 3 aliphatic heterocycles. The molecule has 0 saturated carbocycles. The average molecular weight is 374 g/mol. The van der Waals surface area contributed by atoms with Crippen molar-refractivity contribution in [1.29, 1.82) is 0 Å². The van der Waals surface area contributed by atoms with Crippen LogP contribution in [0.15, 0.2) is 18.2 Å². The highest BCUT2D eigenvalue weighted by atomic mass is 35.5. The lowest BCUT2D eigenvalue weighted by molar-refractivity contribution is 0.199. The van der Waals surface area contributed by atoms with Crippen molar-refractivity contribution >= 4 is 18.1 Å². The summed E-state index contributed by atoms with van der Waals surface area (Å²) in [7, 11) is 0. The zero-order chi connectivity index (χ0) is 16.6. The number of hydrogen-bond acceptors (Lipinski definition) is 4. The van der Waals surface area contributed by atoms with Gasteiger partial charge in [0.1, 0.15) is 11.6 Å². The van der Waals surface area contributed by atoms with Gasteiger partial charge in [0.25, 0.3) is 0 Å². The van der Waals surface area contributed by atoms with Gasteiger partial charge in [0.15, 0.2) is 0 Å². The van der Waals surface area contributed by atoms with E-state index in [1.54, 1.807) is 0 Å². The minimum atomic E-state index is 0. The van der Waals surface area contributed by atoms with Gasteiger partial charge in [0.2, 0.25) is 0 Å². The zero-order valence-electron chi connectivity index (χ0n) is 15.3. The second kappa shape index (κ2) is 7.57. The topological polar surface area (TPSA) is 46.0 Å². The molecule has 6 heteroatoms. The summed E-state index contributed by atoms with van der Waals surface area (Å²) >= 11 is 0. The van der Waals surface area contributed by atoms with Crippen LogP contribution in [0.5, 0.6) is 0 Å². The minimum absolute atomic E-state index is 0. The Bertz CT molecular complexity index is 764. The molecule has 5 nitrogen and oxygen atoms in total. The Morgan fingerprint density at radius 3 is 2.81 bits per heavy atom. The van der Waals surface area contributed by atoms with Crippen molar-refractivity contribution in [3.05, 3.63) is 41.0 Å². The number of aromatic nitrogens is 3. The first-order valence-corrected chi connectivity index (χ1v) is 9.87. The highest BCUT2D eigenvalue weighted by Crippen LogP contribution is 2.32. The average Bonchev–Trinajstić information content (AvgIpc) is 3.30. The van der Waals surface area contributed by atoms with E-state index < -0.39 is 0 Å². The van der Waals surface area contributed by atoms with Crippen LogP contribution in [0, 0.1) is 0 Å². The summed E-state index contributed by atoms with van der Waals surface area (Å²) in [5.41, 5.74) is 4.35. The van der Waals surface area contributed by atoms with E-state index in [9.17, 15) is 0 Å². The zero-order valence-corrected chi connectivity index (χ0v) is 16.1. The molecule has 3 aliphatic rings. The van der Waals surface area contributed by atoms with Crippen LogP contribution in [-0.2, 0) is 25.9 Å². The molecular formula is C20H28ClN5. The van der Waals surface area contributed by atoms with E-state index in [2.05, 4.69) is 43.2 Å². The molecule has 0 unspecified atom stereocenters. The Labute approximate surface area is 161 Å². The first-order chi connectivity index (χ1) is 12.4. The van der Waals surface area contributed by atoms with E-state index in [-0.39, 0.29) is 12.4 Å². The van der Waals surface area contributed by atoms with Gasteiger partial charge in [-0.3, -0.25) is 4.90 Å². The van der Waals surface area contributed by atoms with Crippen LogP contribution in [0.3, 0.4) is 0 Å². The summed E-state index contributed by atoms with van der Waals surface area (Å²) in [6.07, 6.45) is 7.25. The van der Waals surface area contributed by atoms with Crippen LogP contribution in [0.25, 0.3) is 0 Å². The highest BCUT2D eigenvalue weighted by Gasteiger charge is 2.27. The molecule has 0 atom stereocenters.